The van der Waals surface area contributed by atoms with Crippen molar-refractivity contribution >= 4 is 17.6 Å². The van der Waals surface area contributed by atoms with Crippen LogP contribution in [0.5, 0.6) is 5.75 Å². The van der Waals surface area contributed by atoms with Gasteiger partial charge in [0.1, 0.15) is 30.2 Å². The molecule has 1 saturated heterocycles. The highest BCUT2D eigenvalue weighted by Crippen LogP contribution is 2.37. The summed E-state index contributed by atoms with van der Waals surface area (Å²) in [6.45, 7) is 2.47. The zero-order valence-corrected chi connectivity index (χ0v) is 17.5. The van der Waals surface area contributed by atoms with Gasteiger partial charge in [-0.2, -0.15) is 0 Å². The van der Waals surface area contributed by atoms with E-state index in [-0.39, 0.29) is 6.42 Å². The van der Waals surface area contributed by atoms with Crippen LogP contribution in [0.2, 0.25) is 5.02 Å². The third kappa shape index (κ3) is 4.77. The molecule has 0 aromatic heterocycles. The molecule has 2 aromatic carbocycles. The van der Waals surface area contributed by atoms with Crippen molar-refractivity contribution in [3.05, 3.63) is 53.1 Å². The SMILES string of the molecule is CCOc1ccc(-c2cc([C@@H]3O[C@H](CC(=O)OC)[C@@H](O)[C@@H](O)[C@H]3O)ccc2Cl)cc1. The quantitative estimate of drug-likeness (QED) is 0.597. The molecule has 0 unspecified atom stereocenters. The van der Waals surface area contributed by atoms with Gasteiger partial charge in [0.25, 0.3) is 0 Å². The molecule has 1 heterocycles. The summed E-state index contributed by atoms with van der Waals surface area (Å²) in [7, 11) is 1.22. The Balaban J connectivity index is 1.90. The molecule has 1 fully saturated rings. The first kappa shape index (κ1) is 22.5. The molecule has 0 spiro atoms. The van der Waals surface area contributed by atoms with E-state index >= 15 is 0 Å². The number of methoxy groups -OCH3 is 1. The van der Waals surface area contributed by atoms with Gasteiger partial charge in [-0.15, -0.1) is 0 Å². The number of rotatable bonds is 6. The fraction of sp³-hybridized carbons (Fsp3) is 0.409. The fourth-order valence-electron chi connectivity index (χ4n) is 3.48. The minimum atomic E-state index is -1.48. The van der Waals surface area contributed by atoms with Gasteiger partial charge in [0, 0.05) is 10.6 Å². The lowest BCUT2D eigenvalue weighted by Crippen LogP contribution is -2.54. The molecule has 0 amide bonds. The number of esters is 1. The number of benzene rings is 2. The average Bonchev–Trinajstić information content (AvgIpc) is 2.75. The van der Waals surface area contributed by atoms with E-state index in [0.29, 0.717) is 22.8 Å². The van der Waals surface area contributed by atoms with E-state index in [1.807, 2.05) is 31.2 Å². The second kappa shape index (κ2) is 9.76. The molecule has 0 radical (unpaired) electrons. The van der Waals surface area contributed by atoms with Crippen LogP contribution in [0, 0.1) is 0 Å². The average molecular weight is 437 g/mol. The lowest BCUT2D eigenvalue weighted by Gasteiger charge is -2.40. The van der Waals surface area contributed by atoms with Crippen LogP contribution in [0.3, 0.4) is 0 Å². The van der Waals surface area contributed by atoms with Gasteiger partial charge in [-0.25, -0.2) is 0 Å². The van der Waals surface area contributed by atoms with Gasteiger partial charge in [-0.05, 0) is 42.3 Å². The van der Waals surface area contributed by atoms with Crippen LogP contribution in [0.25, 0.3) is 11.1 Å². The first-order chi connectivity index (χ1) is 14.3. The number of ether oxygens (including phenoxy) is 3. The molecular weight excluding hydrogens is 412 g/mol. The zero-order valence-electron chi connectivity index (χ0n) is 16.7. The lowest BCUT2D eigenvalue weighted by atomic mass is 9.89. The summed E-state index contributed by atoms with van der Waals surface area (Å²) in [6, 6.07) is 12.5. The Labute approximate surface area is 179 Å². The monoisotopic (exact) mass is 436 g/mol. The van der Waals surface area contributed by atoms with Crippen LogP contribution in [0.1, 0.15) is 25.0 Å². The van der Waals surface area contributed by atoms with Crippen molar-refractivity contribution in [2.45, 2.75) is 43.9 Å². The Hall–Kier alpha value is -2.16. The second-order valence-corrected chi connectivity index (χ2v) is 7.45. The van der Waals surface area contributed by atoms with Crippen LogP contribution in [-0.2, 0) is 14.3 Å². The minimum Gasteiger partial charge on any atom is -0.494 e. The molecule has 0 saturated carbocycles. The van der Waals surface area contributed by atoms with Crippen molar-refractivity contribution < 1.29 is 34.3 Å². The number of halogens is 1. The van der Waals surface area contributed by atoms with Gasteiger partial charge in [0.15, 0.2) is 0 Å². The Kier molecular flexibility index (Phi) is 7.33. The van der Waals surface area contributed by atoms with Crippen molar-refractivity contribution in [1.29, 1.82) is 0 Å². The molecule has 2 aromatic rings. The highest BCUT2D eigenvalue weighted by molar-refractivity contribution is 6.33. The third-order valence-electron chi connectivity index (χ3n) is 5.10. The van der Waals surface area contributed by atoms with Gasteiger partial charge >= 0.3 is 5.97 Å². The third-order valence-corrected chi connectivity index (χ3v) is 5.43. The molecule has 162 valence electrons. The normalized spacial score (nSPS) is 26.3. The van der Waals surface area contributed by atoms with Crippen molar-refractivity contribution in [1.82, 2.24) is 0 Å². The topological polar surface area (TPSA) is 105 Å². The van der Waals surface area contributed by atoms with Crippen LogP contribution in [-0.4, -0.2) is 59.4 Å². The van der Waals surface area contributed by atoms with Crippen LogP contribution in [0.4, 0.5) is 0 Å². The maximum Gasteiger partial charge on any atom is 0.308 e. The molecule has 0 bridgehead atoms. The molecule has 3 N–H and O–H groups in total. The molecule has 0 aliphatic carbocycles. The summed E-state index contributed by atoms with van der Waals surface area (Å²) >= 11 is 6.39. The lowest BCUT2D eigenvalue weighted by molar-refractivity contribution is -0.227. The molecule has 8 heteroatoms. The van der Waals surface area contributed by atoms with Crippen molar-refractivity contribution in [3.8, 4) is 16.9 Å². The van der Waals surface area contributed by atoms with E-state index in [2.05, 4.69) is 4.74 Å². The van der Waals surface area contributed by atoms with Gasteiger partial charge in [0.05, 0.1) is 26.2 Å². The summed E-state index contributed by atoms with van der Waals surface area (Å²) < 4.78 is 15.9. The molecule has 5 atom stereocenters. The maximum absolute atomic E-state index is 11.6. The van der Waals surface area contributed by atoms with Gasteiger partial charge in [-0.3, -0.25) is 4.79 Å². The first-order valence-electron chi connectivity index (χ1n) is 9.64. The number of carbonyl (C=O) groups excluding carboxylic acids is 1. The summed E-state index contributed by atoms with van der Waals surface area (Å²) in [5, 5.41) is 31.5. The van der Waals surface area contributed by atoms with E-state index in [0.717, 1.165) is 11.3 Å². The second-order valence-electron chi connectivity index (χ2n) is 7.04. The smallest absolute Gasteiger partial charge is 0.308 e. The predicted octanol–water partition coefficient (Wildman–Crippen LogP) is 2.49. The van der Waals surface area contributed by atoms with Gasteiger partial charge < -0.3 is 29.5 Å². The van der Waals surface area contributed by atoms with E-state index in [1.54, 1.807) is 18.2 Å². The van der Waals surface area contributed by atoms with E-state index in [4.69, 9.17) is 21.1 Å². The molecule has 1 aliphatic rings. The molecule has 30 heavy (non-hydrogen) atoms. The van der Waals surface area contributed by atoms with Crippen LogP contribution >= 0.6 is 11.6 Å². The standard InChI is InChI=1S/C22H25ClO7/c1-3-29-14-7-4-12(5-8-14)15-10-13(6-9-16(15)23)22-21(27)20(26)19(25)17(30-22)11-18(24)28-2/h4-10,17,19-22,25-27H,3,11H2,1-2H3/t17-,19-,20-,21-,22+/m1/s1. The minimum absolute atomic E-state index is 0.253. The van der Waals surface area contributed by atoms with Gasteiger partial charge in [0.2, 0.25) is 0 Å². The van der Waals surface area contributed by atoms with Crippen LogP contribution in [0.15, 0.2) is 42.5 Å². The van der Waals surface area contributed by atoms with E-state index < -0.39 is 36.5 Å². The predicted molar refractivity (Wildman–Crippen MR) is 110 cm³/mol. The number of aliphatic hydroxyl groups is 3. The summed E-state index contributed by atoms with van der Waals surface area (Å²) in [6.07, 6.45) is -6.53. The highest BCUT2D eigenvalue weighted by atomic mass is 35.5. The zero-order chi connectivity index (χ0) is 21.8. The fourth-order valence-corrected chi connectivity index (χ4v) is 3.71. The van der Waals surface area contributed by atoms with Crippen molar-refractivity contribution in [2.24, 2.45) is 0 Å². The number of carbonyl (C=O) groups is 1. The van der Waals surface area contributed by atoms with Crippen LogP contribution < -0.4 is 4.74 Å². The molecule has 1 aliphatic heterocycles. The molecule has 3 rings (SSSR count). The Morgan fingerprint density at radius 3 is 2.40 bits per heavy atom. The first-order valence-corrected chi connectivity index (χ1v) is 10.0. The number of hydrogen-bond acceptors (Lipinski definition) is 7. The summed E-state index contributed by atoms with van der Waals surface area (Å²) in [5.74, 6) is 0.148. The van der Waals surface area contributed by atoms with Crippen molar-refractivity contribution in [3.63, 3.8) is 0 Å². The molecular formula is C22H25ClO7. The largest absolute Gasteiger partial charge is 0.494 e. The molecule has 7 nitrogen and oxygen atoms in total. The number of aliphatic hydroxyl groups excluding tert-OH is 3. The maximum atomic E-state index is 11.6. The summed E-state index contributed by atoms with van der Waals surface area (Å²) in [4.78, 5) is 11.6. The Morgan fingerprint density at radius 2 is 1.77 bits per heavy atom. The Morgan fingerprint density at radius 1 is 1.07 bits per heavy atom. The number of hydrogen-bond donors (Lipinski definition) is 3. The van der Waals surface area contributed by atoms with Gasteiger partial charge in [-0.1, -0.05) is 29.8 Å². The highest BCUT2D eigenvalue weighted by Gasteiger charge is 2.45. The van der Waals surface area contributed by atoms with E-state index in [1.165, 1.54) is 7.11 Å². The van der Waals surface area contributed by atoms with E-state index in [9.17, 15) is 20.1 Å². The Bertz CT molecular complexity index is 870. The van der Waals surface area contributed by atoms with Crippen molar-refractivity contribution in [2.75, 3.05) is 13.7 Å². The summed E-state index contributed by atoms with van der Waals surface area (Å²) in [5.41, 5.74) is 2.09.